The molecule has 9 heteroatoms. The van der Waals surface area contributed by atoms with Crippen molar-refractivity contribution in [2.24, 2.45) is 11.7 Å². The van der Waals surface area contributed by atoms with Gasteiger partial charge in [0.1, 0.15) is 0 Å². The van der Waals surface area contributed by atoms with E-state index in [0.29, 0.717) is 17.5 Å². The molecule has 1 saturated carbocycles. The van der Waals surface area contributed by atoms with Gasteiger partial charge in [0.15, 0.2) is 5.13 Å². The summed E-state index contributed by atoms with van der Waals surface area (Å²) in [4.78, 5) is 18.9. The molecule has 1 amide bonds. The van der Waals surface area contributed by atoms with Crippen molar-refractivity contribution in [2.75, 3.05) is 31.6 Å². The quantitative estimate of drug-likeness (QED) is 0.797. The fourth-order valence-electron chi connectivity index (χ4n) is 3.15. The fourth-order valence-corrected chi connectivity index (χ4v) is 3.87. The monoisotopic (exact) mass is 396 g/mol. The van der Waals surface area contributed by atoms with Gasteiger partial charge >= 0.3 is 0 Å². The number of amides is 1. The second kappa shape index (κ2) is 10.5. The molecule has 3 N–H and O–H groups in total. The van der Waals surface area contributed by atoms with Gasteiger partial charge in [0, 0.05) is 37.5 Å². The fraction of sp³-hybridized carbons (Fsp3) is 0.733. The maximum absolute atomic E-state index is 12.1. The Balaban J connectivity index is 0.00000144. The van der Waals surface area contributed by atoms with E-state index in [1.165, 1.54) is 11.3 Å². The first-order valence-electron chi connectivity index (χ1n) is 8.00. The maximum Gasteiger partial charge on any atom is 0.226 e. The summed E-state index contributed by atoms with van der Waals surface area (Å²) in [7, 11) is 0. The molecule has 0 aromatic carbocycles. The Bertz CT molecular complexity index is 511. The number of ether oxygens (including phenoxy) is 1. The summed E-state index contributed by atoms with van der Waals surface area (Å²) in [5.74, 6) is 0.363. The van der Waals surface area contributed by atoms with Crippen LogP contribution in [0.2, 0.25) is 0 Å². The minimum Gasteiger partial charge on any atom is -0.379 e. The zero-order chi connectivity index (χ0) is 15.4. The van der Waals surface area contributed by atoms with Crippen LogP contribution in [0.4, 0.5) is 5.13 Å². The Labute approximate surface area is 159 Å². The third-order valence-corrected chi connectivity index (χ3v) is 5.26. The number of anilines is 1. The molecule has 0 radical (unpaired) electrons. The predicted molar refractivity (Wildman–Crippen MR) is 101 cm³/mol. The minimum atomic E-state index is 0. The van der Waals surface area contributed by atoms with Gasteiger partial charge in [0.25, 0.3) is 0 Å². The number of halogens is 2. The number of carbonyl (C=O) groups excluding carboxylic acids is 1. The van der Waals surface area contributed by atoms with Crippen LogP contribution in [-0.4, -0.2) is 48.1 Å². The molecule has 2 aliphatic rings. The molecule has 3 rings (SSSR count). The highest BCUT2D eigenvalue weighted by Gasteiger charge is 2.26. The van der Waals surface area contributed by atoms with E-state index in [1.54, 1.807) is 0 Å². The second-order valence-corrected chi connectivity index (χ2v) is 7.00. The molecule has 1 aliphatic heterocycles. The number of thiazole rings is 1. The number of carbonyl (C=O) groups is 1. The lowest BCUT2D eigenvalue weighted by Gasteiger charge is -2.25. The molecule has 0 bridgehead atoms. The van der Waals surface area contributed by atoms with Gasteiger partial charge in [-0.1, -0.05) is 6.42 Å². The van der Waals surface area contributed by atoms with Crippen LogP contribution in [0.3, 0.4) is 0 Å². The molecule has 0 unspecified atom stereocenters. The summed E-state index contributed by atoms with van der Waals surface area (Å²) in [6.07, 6.45) is 3.76. The van der Waals surface area contributed by atoms with E-state index in [0.717, 1.165) is 57.8 Å². The molecule has 2 atom stereocenters. The molecule has 24 heavy (non-hydrogen) atoms. The van der Waals surface area contributed by atoms with E-state index in [2.05, 4.69) is 15.2 Å². The van der Waals surface area contributed by atoms with Crippen molar-refractivity contribution in [3.8, 4) is 0 Å². The number of hydrogen-bond donors (Lipinski definition) is 2. The lowest BCUT2D eigenvalue weighted by molar-refractivity contribution is -0.117. The Hall–Kier alpha value is -0.440. The van der Waals surface area contributed by atoms with E-state index in [9.17, 15) is 4.79 Å². The van der Waals surface area contributed by atoms with Crippen molar-refractivity contribution in [3.05, 3.63) is 11.1 Å². The van der Waals surface area contributed by atoms with Gasteiger partial charge in [-0.05, 0) is 18.8 Å². The average molecular weight is 397 g/mol. The largest absolute Gasteiger partial charge is 0.379 e. The highest BCUT2D eigenvalue weighted by molar-refractivity contribution is 7.13. The second-order valence-electron chi connectivity index (χ2n) is 6.14. The van der Waals surface area contributed by atoms with Crippen LogP contribution in [-0.2, 0) is 16.1 Å². The zero-order valence-electron chi connectivity index (χ0n) is 13.6. The van der Waals surface area contributed by atoms with Crippen LogP contribution in [0.1, 0.15) is 31.4 Å². The van der Waals surface area contributed by atoms with Gasteiger partial charge in [-0.3, -0.25) is 9.69 Å². The Morgan fingerprint density at radius 3 is 2.79 bits per heavy atom. The number of morpholine rings is 1. The molecule has 1 aliphatic carbocycles. The standard InChI is InChI=1S/C15H24N4O2S.2ClH/c16-13-3-1-2-11(13)8-14(20)18-15-17-12(10-22-15)9-19-4-6-21-7-5-19;;/h10-11,13H,1-9,16H2,(H,17,18,20);2*1H/t11-,13+;;/m0../s1. The maximum atomic E-state index is 12.1. The van der Waals surface area contributed by atoms with Gasteiger partial charge < -0.3 is 15.8 Å². The van der Waals surface area contributed by atoms with Gasteiger partial charge in [-0.25, -0.2) is 4.98 Å². The summed E-state index contributed by atoms with van der Waals surface area (Å²) in [5, 5.41) is 5.63. The first-order valence-corrected chi connectivity index (χ1v) is 8.88. The normalized spacial score (nSPS) is 24.0. The van der Waals surface area contributed by atoms with Crippen molar-refractivity contribution in [2.45, 2.75) is 38.3 Å². The summed E-state index contributed by atoms with van der Waals surface area (Å²) in [6.45, 7) is 4.28. The Kier molecular flexibility index (Phi) is 9.48. The summed E-state index contributed by atoms with van der Waals surface area (Å²) >= 11 is 1.49. The third kappa shape index (κ3) is 6.13. The lowest BCUT2D eigenvalue weighted by atomic mass is 10.00. The number of nitrogens with zero attached hydrogens (tertiary/aromatic N) is 2. The molecule has 6 nitrogen and oxygen atoms in total. The van der Waals surface area contributed by atoms with Crippen LogP contribution in [0.25, 0.3) is 0 Å². The van der Waals surface area contributed by atoms with E-state index >= 15 is 0 Å². The van der Waals surface area contributed by atoms with Gasteiger partial charge in [0.2, 0.25) is 5.91 Å². The molecule has 0 spiro atoms. The van der Waals surface area contributed by atoms with Crippen LogP contribution >= 0.6 is 36.2 Å². The number of nitrogens with two attached hydrogens (primary N) is 1. The van der Waals surface area contributed by atoms with E-state index in [1.807, 2.05) is 5.38 Å². The smallest absolute Gasteiger partial charge is 0.226 e. The zero-order valence-corrected chi connectivity index (χ0v) is 16.1. The highest BCUT2D eigenvalue weighted by Crippen LogP contribution is 2.27. The van der Waals surface area contributed by atoms with Crippen molar-refractivity contribution < 1.29 is 9.53 Å². The van der Waals surface area contributed by atoms with Crippen molar-refractivity contribution in [1.82, 2.24) is 9.88 Å². The first-order chi connectivity index (χ1) is 10.7. The van der Waals surface area contributed by atoms with E-state index in [4.69, 9.17) is 10.5 Å². The van der Waals surface area contributed by atoms with Crippen molar-refractivity contribution >= 4 is 47.2 Å². The van der Waals surface area contributed by atoms with E-state index < -0.39 is 0 Å². The predicted octanol–water partition coefficient (Wildman–Crippen LogP) is 2.27. The average Bonchev–Trinajstić information content (AvgIpc) is 3.10. The number of aromatic nitrogens is 1. The summed E-state index contributed by atoms with van der Waals surface area (Å²) in [6, 6.07) is 0.180. The summed E-state index contributed by atoms with van der Waals surface area (Å²) in [5.41, 5.74) is 7.03. The first kappa shape index (κ1) is 21.6. The van der Waals surface area contributed by atoms with Crippen LogP contribution in [0.5, 0.6) is 0 Å². The SMILES string of the molecule is Cl.Cl.N[C@@H]1CCC[C@H]1CC(=O)Nc1nc(CN2CCOCC2)cs1. The Morgan fingerprint density at radius 2 is 2.12 bits per heavy atom. The van der Waals surface area contributed by atoms with E-state index in [-0.39, 0.29) is 36.8 Å². The molecule has 1 saturated heterocycles. The number of rotatable bonds is 5. The molecule has 2 heterocycles. The number of hydrogen-bond acceptors (Lipinski definition) is 6. The molecule has 1 aromatic rings. The number of nitrogens with one attached hydrogen (secondary N) is 1. The highest BCUT2D eigenvalue weighted by atomic mass is 35.5. The topological polar surface area (TPSA) is 80.5 Å². The van der Waals surface area contributed by atoms with Gasteiger partial charge in [0.05, 0.1) is 18.9 Å². The molecule has 1 aromatic heterocycles. The molecular weight excluding hydrogens is 371 g/mol. The lowest BCUT2D eigenvalue weighted by Crippen LogP contribution is -2.35. The molecule has 2 fully saturated rings. The molecular formula is C15H26Cl2N4O2S. The van der Waals surface area contributed by atoms with Gasteiger partial charge in [-0.15, -0.1) is 36.2 Å². The summed E-state index contributed by atoms with van der Waals surface area (Å²) < 4.78 is 5.34. The minimum absolute atomic E-state index is 0. The van der Waals surface area contributed by atoms with Crippen LogP contribution < -0.4 is 11.1 Å². The van der Waals surface area contributed by atoms with Crippen molar-refractivity contribution in [1.29, 1.82) is 0 Å². The van der Waals surface area contributed by atoms with Gasteiger partial charge in [-0.2, -0.15) is 0 Å². The molecule has 138 valence electrons. The van der Waals surface area contributed by atoms with Crippen LogP contribution in [0.15, 0.2) is 5.38 Å². The van der Waals surface area contributed by atoms with Crippen molar-refractivity contribution in [3.63, 3.8) is 0 Å². The Morgan fingerprint density at radius 1 is 1.38 bits per heavy atom. The third-order valence-electron chi connectivity index (χ3n) is 4.45. The van der Waals surface area contributed by atoms with Crippen LogP contribution in [0, 0.1) is 5.92 Å².